The van der Waals surface area contributed by atoms with Crippen LogP contribution < -0.4 is 0 Å². The van der Waals surface area contributed by atoms with Crippen LogP contribution in [0.5, 0.6) is 0 Å². The van der Waals surface area contributed by atoms with E-state index >= 15 is 0 Å². The first-order valence-corrected chi connectivity index (χ1v) is 5.41. The second kappa shape index (κ2) is 2.43. The summed E-state index contributed by atoms with van der Waals surface area (Å²) < 4.78 is 5.16. The van der Waals surface area contributed by atoms with Crippen molar-refractivity contribution in [3.8, 4) is 0 Å². The Hall–Kier alpha value is 0.192. The summed E-state index contributed by atoms with van der Waals surface area (Å²) in [6, 6.07) is 0.294. The van der Waals surface area contributed by atoms with Crippen LogP contribution in [0.25, 0.3) is 0 Å². The van der Waals surface area contributed by atoms with E-state index in [9.17, 15) is 4.79 Å². The van der Waals surface area contributed by atoms with E-state index in [1.807, 2.05) is 6.92 Å². The van der Waals surface area contributed by atoms with Crippen molar-refractivity contribution in [3.63, 3.8) is 0 Å². The number of hydrogen-bond acceptors (Lipinski definition) is 2. The molecule has 1 saturated heterocycles. The summed E-state index contributed by atoms with van der Waals surface area (Å²) in [6.07, 6.45) is -0.171. The first-order valence-electron chi connectivity index (χ1n) is 2.82. The van der Waals surface area contributed by atoms with Crippen LogP contribution in [0.4, 0.5) is 4.79 Å². The van der Waals surface area contributed by atoms with Crippen molar-refractivity contribution in [3.05, 3.63) is 0 Å². The van der Waals surface area contributed by atoms with Crippen molar-refractivity contribution in [1.29, 1.82) is 0 Å². The molecule has 48 valence electrons. The third-order valence-electron chi connectivity index (χ3n) is 1.61. The molecule has 1 amide bonds. The van der Waals surface area contributed by atoms with Crippen molar-refractivity contribution in [2.45, 2.75) is 16.6 Å². The van der Waals surface area contributed by atoms with Gasteiger partial charge in [0.2, 0.25) is 0 Å². The number of ether oxygens (including phenoxy) is 1. The second-order valence-electron chi connectivity index (χ2n) is 2.20. The average Bonchev–Trinajstić information content (AvgIpc) is 1.98. The molecule has 0 aromatic carbocycles. The van der Waals surface area contributed by atoms with Crippen LogP contribution in [0.1, 0.15) is 6.92 Å². The monoisotopic (exact) mass is 319 g/mol. The van der Waals surface area contributed by atoms with E-state index < -0.39 is 0 Å². The minimum absolute atomic E-state index is 0.171. The molecule has 0 aromatic rings. The predicted molar refractivity (Wildman–Crippen MR) is 33.2 cm³/mol. The Balaban J connectivity index is 2.65. The zero-order valence-corrected chi connectivity index (χ0v) is 9.98. The Morgan fingerprint density at radius 2 is 2.33 bits per heavy atom. The molecule has 1 fully saturated rings. The third kappa shape index (κ3) is 1.20. The average molecular weight is 319 g/mol. The Bertz CT molecular complexity index is 139. The number of rotatable bonds is 0. The van der Waals surface area contributed by atoms with Gasteiger partial charge in [0, 0.05) is 0 Å². The SMILES string of the molecule is CC1[CH]([Tl])OC(=O)N1C. The maximum atomic E-state index is 10.7. The van der Waals surface area contributed by atoms with E-state index in [1.165, 1.54) is 0 Å². The van der Waals surface area contributed by atoms with Crippen LogP contribution in [0.3, 0.4) is 0 Å². The zero-order chi connectivity index (χ0) is 7.02. The quantitative estimate of drug-likeness (QED) is 0.586. The second-order valence-corrected chi connectivity index (χ2v) is 4.75. The Labute approximate surface area is 70.0 Å². The van der Waals surface area contributed by atoms with Crippen molar-refractivity contribution in [2.24, 2.45) is 0 Å². The van der Waals surface area contributed by atoms with Crippen LogP contribution >= 0.6 is 0 Å². The third-order valence-corrected chi connectivity index (χ3v) is 4.31. The van der Waals surface area contributed by atoms with Gasteiger partial charge in [0.05, 0.1) is 0 Å². The number of likely N-dealkylation sites (N-methyl/N-ethyl adjacent to an activating group) is 1. The molecule has 0 N–H and O–H groups in total. The molecule has 2 unspecified atom stereocenters. The maximum absolute atomic E-state index is 10.7. The van der Waals surface area contributed by atoms with E-state index in [-0.39, 0.29) is 9.76 Å². The fraction of sp³-hybridized carbons (Fsp3) is 0.800. The molecule has 1 rings (SSSR count). The number of nitrogens with zero attached hydrogens (tertiary/aromatic N) is 1. The van der Waals surface area contributed by atoms with Gasteiger partial charge >= 0.3 is 70.0 Å². The molecule has 0 bridgehead atoms. The van der Waals surface area contributed by atoms with Crippen molar-refractivity contribution < 1.29 is 9.53 Å². The van der Waals surface area contributed by atoms with Gasteiger partial charge in [-0.25, -0.2) is 0 Å². The first kappa shape index (κ1) is 7.30. The van der Waals surface area contributed by atoms with Gasteiger partial charge < -0.3 is 0 Å². The fourth-order valence-electron chi connectivity index (χ4n) is 0.685. The number of carbonyl (C=O) groups excluding carboxylic acids is 1. The van der Waals surface area contributed by atoms with Crippen molar-refractivity contribution in [1.82, 2.24) is 4.90 Å². The summed E-state index contributed by atoms with van der Waals surface area (Å²) in [4.78, 5) is 12.4. The van der Waals surface area contributed by atoms with Crippen LogP contribution in [0.2, 0.25) is 0 Å². The van der Waals surface area contributed by atoms with Crippen LogP contribution in [0.15, 0.2) is 0 Å². The molecule has 0 radical (unpaired) electrons. The Kier molecular flexibility index (Phi) is 1.98. The van der Waals surface area contributed by atoms with Gasteiger partial charge in [-0.3, -0.25) is 0 Å². The van der Waals surface area contributed by atoms with Gasteiger partial charge in [-0.15, -0.1) is 0 Å². The normalized spacial score (nSPS) is 34.8. The standard InChI is InChI=1S/C5H8NO2.Tl/c1-4-3-8-5(7)6(4)2;/h3-4H,1-2H3;. The van der Waals surface area contributed by atoms with Gasteiger partial charge in [0.25, 0.3) is 0 Å². The summed E-state index contributed by atoms with van der Waals surface area (Å²) in [5, 5.41) is 0. The van der Waals surface area contributed by atoms with Gasteiger partial charge in [0.1, 0.15) is 0 Å². The minimum atomic E-state index is -0.171. The number of cyclic esters (lactones) is 1. The van der Waals surface area contributed by atoms with E-state index in [0.717, 1.165) is 25.8 Å². The molecule has 2 atom stereocenters. The summed E-state index contributed by atoms with van der Waals surface area (Å²) >= 11 is 0.735. The number of hydrogen-bond donors (Lipinski definition) is 0. The summed E-state index contributed by atoms with van der Waals surface area (Å²) in [5.74, 6) is 0. The predicted octanol–water partition coefficient (Wildman–Crippen LogP) is -0.0485. The van der Waals surface area contributed by atoms with Gasteiger partial charge in [-0.05, 0) is 0 Å². The van der Waals surface area contributed by atoms with E-state index in [0.29, 0.717) is 6.04 Å². The molecule has 3 nitrogen and oxygen atoms in total. The molecule has 0 aliphatic carbocycles. The molecule has 0 spiro atoms. The van der Waals surface area contributed by atoms with E-state index in [1.54, 1.807) is 11.9 Å². The zero-order valence-electron chi connectivity index (χ0n) is 5.50. The van der Waals surface area contributed by atoms with E-state index in [2.05, 4.69) is 0 Å². The van der Waals surface area contributed by atoms with Gasteiger partial charge in [-0.2, -0.15) is 0 Å². The van der Waals surface area contributed by atoms with Gasteiger partial charge in [0.15, 0.2) is 0 Å². The molecular weight excluding hydrogens is 310 g/mol. The van der Waals surface area contributed by atoms with Crippen LogP contribution in [-0.2, 0) is 4.74 Å². The number of carbonyl (C=O) groups is 1. The number of amides is 1. The molecular formula is C5H8NO2Tl. The molecule has 4 heteroatoms. The Morgan fingerprint density at radius 1 is 1.78 bits per heavy atom. The van der Waals surface area contributed by atoms with E-state index in [4.69, 9.17) is 4.74 Å². The fourth-order valence-corrected chi connectivity index (χ4v) is 2.14. The Morgan fingerprint density at radius 3 is 2.44 bits per heavy atom. The summed E-state index contributed by atoms with van der Waals surface area (Å²) in [7, 11) is 1.77. The van der Waals surface area contributed by atoms with Crippen LogP contribution in [0, 0.1) is 0 Å². The molecule has 0 aromatic heterocycles. The van der Waals surface area contributed by atoms with Crippen molar-refractivity contribution >= 4 is 31.9 Å². The van der Waals surface area contributed by atoms with Crippen LogP contribution in [-0.4, -0.2) is 53.5 Å². The van der Waals surface area contributed by atoms with Gasteiger partial charge in [-0.1, -0.05) is 0 Å². The molecule has 1 heterocycles. The topological polar surface area (TPSA) is 29.5 Å². The van der Waals surface area contributed by atoms with Crippen molar-refractivity contribution in [2.75, 3.05) is 7.05 Å². The molecule has 9 heavy (non-hydrogen) atoms. The first-order chi connectivity index (χ1) is 4.13. The molecule has 1 aliphatic rings. The summed E-state index contributed by atoms with van der Waals surface area (Å²) in [5.41, 5.74) is 0. The summed E-state index contributed by atoms with van der Waals surface area (Å²) in [6.45, 7) is 2.01. The molecule has 0 saturated carbocycles. The molecule has 1 aliphatic heterocycles.